The largest absolute Gasteiger partial charge is 0.497 e. The molecule has 2 aromatic carbocycles. The van der Waals surface area contributed by atoms with E-state index in [0.29, 0.717) is 23.9 Å². The molecule has 3 aromatic rings. The number of carboxylic acid groups (broad SMARTS) is 1. The van der Waals surface area contributed by atoms with Gasteiger partial charge in [0.1, 0.15) is 29.7 Å². The zero-order chi connectivity index (χ0) is 24.2. The number of carbonyl (C=O) groups excluding carboxylic acids is 1. The fourth-order valence-corrected chi connectivity index (χ4v) is 4.22. The van der Waals surface area contributed by atoms with Crippen LogP contribution in [0.4, 0.5) is 4.79 Å². The summed E-state index contributed by atoms with van der Waals surface area (Å²) in [5.74, 6) is 1.57. The monoisotopic (exact) mass is 465 g/mol. The highest BCUT2D eigenvalue weighted by atomic mass is 16.5. The molecule has 2 amide bonds. The predicted octanol–water partition coefficient (Wildman–Crippen LogP) is 2.56. The number of β-lactam (4-membered cyclic amide) rings is 1. The Bertz CT molecular complexity index is 1170. The van der Waals surface area contributed by atoms with Crippen molar-refractivity contribution in [3.8, 4) is 11.5 Å². The molecule has 10 heteroatoms. The van der Waals surface area contributed by atoms with Gasteiger partial charge >= 0.3 is 6.09 Å². The van der Waals surface area contributed by atoms with Crippen LogP contribution in [0.5, 0.6) is 11.5 Å². The van der Waals surface area contributed by atoms with E-state index < -0.39 is 18.2 Å². The number of hydrogen-bond donors (Lipinski definition) is 1. The lowest BCUT2D eigenvalue weighted by Crippen LogP contribution is -2.71. The van der Waals surface area contributed by atoms with Gasteiger partial charge in [-0.3, -0.25) is 14.4 Å². The van der Waals surface area contributed by atoms with Gasteiger partial charge in [0.15, 0.2) is 0 Å². The van der Waals surface area contributed by atoms with Crippen molar-refractivity contribution in [1.29, 1.82) is 0 Å². The van der Waals surface area contributed by atoms with Gasteiger partial charge < -0.3 is 19.5 Å². The van der Waals surface area contributed by atoms with E-state index in [1.165, 1.54) is 4.90 Å². The van der Waals surface area contributed by atoms with Crippen molar-refractivity contribution in [2.24, 2.45) is 0 Å². The van der Waals surface area contributed by atoms with Gasteiger partial charge in [0.2, 0.25) is 5.91 Å². The predicted molar refractivity (Wildman–Crippen MR) is 122 cm³/mol. The SMILES string of the molecule is COc1ccc(CN2C(=O)[C@@H](N(Cc3ccccc3)C(=O)O)[C@@H]2Cn2cnc(C)n2)c(OC)c1. The highest BCUT2D eigenvalue weighted by molar-refractivity contribution is 5.92. The molecule has 0 bridgehead atoms. The van der Waals surface area contributed by atoms with Gasteiger partial charge in [-0.2, -0.15) is 5.10 Å². The minimum Gasteiger partial charge on any atom is -0.497 e. The Morgan fingerprint density at radius 1 is 1.15 bits per heavy atom. The van der Waals surface area contributed by atoms with Crippen LogP contribution in [0.3, 0.4) is 0 Å². The highest BCUT2D eigenvalue weighted by Crippen LogP contribution is 2.33. The second kappa shape index (κ2) is 9.82. The fourth-order valence-electron chi connectivity index (χ4n) is 4.22. The molecule has 0 aliphatic carbocycles. The van der Waals surface area contributed by atoms with Gasteiger partial charge in [-0.1, -0.05) is 30.3 Å². The number of carbonyl (C=O) groups is 2. The molecule has 1 saturated heterocycles. The average molecular weight is 466 g/mol. The number of aryl methyl sites for hydroxylation is 1. The van der Waals surface area contributed by atoms with Gasteiger partial charge in [-0.15, -0.1) is 0 Å². The van der Waals surface area contributed by atoms with Crippen LogP contribution in [-0.2, 0) is 24.4 Å². The number of likely N-dealkylation sites (tertiary alicyclic amines) is 1. The van der Waals surface area contributed by atoms with E-state index in [4.69, 9.17) is 9.47 Å². The maximum atomic E-state index is 13.3. The lowest BCUT2D eigenvalue weighted by Gasteiger charge is -2.50. The molecule has 2 atom stereocenters. The first kappa shape index (κ1) is 23.1. The van der Waals surface area contributed by atoms with Crippen LogP contribution in [0, 0.1) is 6.92 Å². The van der Waals surface area contributed by atoms with Crippen LogP contribution in [0.1, 0.15) is 17.0 Å². The molecular formula is C24H27N5O5. The maximum Gasteiger partial charge on any atom is 0.408 e. The quantitative estimate of drug-likeness (QED) is 0.484. The molecule has 1 aliphatic heterocycles. The summed E-state index contributed by atoms with van der Waals surface area (Å²) in [6.07, 6.45) is 0.438. The number of aromatic nitrogens is 3. The molecule has 34 heavy (non-hydrogen) atoms. The van der Waals surface area contributed by atoms with Gasteiger partial charge in [-0.05, 0) is 24.6 Å². The molecule has 1 fully saturated rings. The standard InChI is InChI=1S/C24H27N5O5/c1-16-25-15-27(26-16)14-20-22(29(24(31)32)12-17-7-5-4-6-8-17)23(30)28(20)13-18-9-10-19(33-2)11-21(18)34-3/h4-11,15,20,22H,12-14H2,1-3H3,(H,31,32)/t20-,22-/m0/s1. The molecule has 1 aromatic heterocycles. The Balaban J connectivity index is 1.63. The molecular weight excluding hydrogens is 438 g/mol. The molecule has 1 N–H and O–H groups in total. The summed E-state index contributed by atoms with van der Waals surface area (Å²) < 4.78 is 12.4. The summed E-state index contributed by atoms with van der Waals surface area (Å²) in [6, 6.07) is 13.4. The topological polar surface area (TPSA) is 110 Å². The van der Waals surface area contributed by atoms with Crippen LogP contribution in [0.2, 0.25) is 0 Å². The first-order valence-electron chi connectivity index (χ1n) is 10.8. The lowest BCUT2D eigenvalue weighted by atomic mass is 9.91. The second-order valence-corrected chi connectivity index (χ2v) is 8.07. The number of benzene rings is 2. The fraction of sp³-hybridized carbons (Fsp3) is 0.333. The Kier molecular flexibility index (Phi) is 6.67. The van der Waals surface area contributed by atoms with Crippen molar-refractivity contribution in [2.45, 2.75) is 38.6 Å². The third-order valence-electron chi connectivity index (χ3n) is 5.94. The van der Waals surface area contributed by atoms with Crippen molar-refractivity contribution in [3.05, 3.63) is 71.8 Å². The van der Waals surface area contributed by atoms with E-state index in [0.717, 1.165) is 11.1 Å². The van der Waals surface area contributed by atoms with E-state index in [1.807, 2.05) is 36.4 Å². The Morgan fingerprint density at radius 2 is 1.91 bits per heavy atom. The van der Waals surface area contributed by atoms with Gasteiger partial charge in [0.05, 0.1) is 26.8 Å². The number of amides is 2. The first-order valence-corrected chi connectivity index (χ1v) is 10.8. The van der Waals surface area contributed by atoms with E-state index in [-0.39, 0.29) is 19.0 Å². The van der Waals surface area contributed by atoms with Crippen LogP contribution in [-0.4, -0.2) is 68.0 Å². The molecule has 4 rings (SSSR count). The summed E-state index contributed by atoms with van der Waals surface area (Å²) in [7, 11) is 3.13. The van der Waals surface area contributed by atoms with Gasteiger partial charge in [0.25, 0.3) is 0 Å². The lowest BCUT2D eigenvalue weighted by molar-refractivity contribution is -0.160. The molecule has 0 saturated carbocycles. The Hall–Kier alpha value is -4.08. The number of hydrogen-bond acceptors (Lipinski definition) is 6. The second-order valence-electron chi connectivity index (χ2n) is 8.07. The van der Waals surface area contributed by atoms with E-state index >= 15 is 0 Å². The zero-order valence-corrected chi connectivity index (χ0v) is 19.3. The Labute approximate surface area is 197 Å². The molecule has 0 radical (unpaired) electrons. The van der Waals surface area contributed by atoms with Crippen molar-refractivity contribution < 1.29 is 24.2 Å². The molecule has 10 nitrogen and oxygen atoms in total. The summed E-state index contributed by atoms with van der Waals surface area (Å²) in [5.41, 5.74) is 1.60. The first-order chi connectivity index (χ1) is 16.4. The minimum absolute atomic E-state index is 0.110. The number of rotatable bonds is 9. The number of ether oxygens (including phenoxy) is 2. The van der Waals surface area contributed by atoms with Crippen molar-refractivity contribution in [2.75, 3.05) is 14.2 Å². The van der Waals surface area contributed by atoms with Crippen molar-refractivity contribution in [3.63, 3.8) is 0 Å². The molecule has 2 heterocycles. The van der Waals surface area contributed by atoms with Gasteiger partial charge in [-0.25, -0.2) is 9.78 Å². The van der Waals surface area contributed by atoms with Crippen molar-refractivity contribution in [1.82, 2.24) is 24.6 Å². The average Bonchev–Trinajstić information content (AvgIpc) is 3.26. The number of methoxy groups -OCH3 is 2. The van der Waals surface area contributed by atoms with Crippen LogP contribution < -0.4 is 9.47 Å². The van der Waals surface area contributed by atoms with E-state index in [9.17, 15) is 14.7 Å². The molecule has 178 valence electrons. The van der Waals surface area contributed by atoms with Crippen molar-refractivity contribution >= 4 is 12.0 Å². The summed E-state index contributed by atoms with van der Waals surface area (Å²) in [6.45, 7) is 2.46. The normalized spacial score (nSPS) is 17.3. The number of nitrogens with zero attached hydrogens (tertiary/aromatic N) is 5. The van der Waals surface area contributed by atoms with E-state index in [1.54, 1.807) is 49.2 Å². The summed E-state index contributed by atoms with van der Waals surface area (Å²) in [5, 5.41) is 14.3. The smallest absolute Gasteiger partial charge is 0.408 e. The third kappa shape index (κ3) is 4.66. The van der Waals surface area contributed by atoms with E-state index in [2.05, 4.69) is 10.1 Å². The third-order valence-corrected chi connectivity index (χ3v) is 5.94. The van der Waals surface area contributed by atoms with Crippen LogP contribution in [0.15, 0.2) is 54.9 Å². The molecule has 0 spiro atoms. The molecule has 1 aliphatic rings. The summed E-state index contributed by atoms with van der Waals surface area (Å²) >= 11 is 0. The summed E-state index contributed by atoms with van der Waals surface area (Å²) in [4.78, 5) is 32.6. The zero-order valence-electron chi connectivity index (χ0n) is 19.3. The maximum absolute atomic E-state index is 13.3. The minimum atomic E-state index is -1.15. The van der Waals surface area contributed by atoms with Crippen LogP contribution in [0.25, 0.3) is 0 Å². The Morgan fingerprint density at radius 3 is 2.53 bits per heavy atom. The van der Waals surface area contributed by atoms with Gasteiger partial charge in [0, 0.05) is 24.7 Å². The molecule has 0 unspecified atom stereocenters. The van der Waals surface area contributed by atoms with Crippen LogP contribution >= 0.6 is 0 Å². The highest BCUT2D eigenvalue weighted by Gasteiger charge is 2.52.